The molecule has 0 fully saturated rings. The van der Waals surface area contributed by atoms with Gasteiger partial charge in [-0.2, -0.15) is 42.3 Å². The molecule has 0 radical (unpaired) electrons. The largest absolute Gasteiger partial charge is 4.00 e. The third kappa shape index (κ3) is 11.2. The Morgan fingerprint density at radius 2 is 0.940 bits per heavy atom. The van der Waals surface area contributed by atoms with Gasteiger partial charge < -0.3 is 21.3 Å². The molecule has 258 valence electrons. The molecule has 0 N–H and O–H groups in total. The summed E-state index contributed by atoms with van der Waals surface area (Å²) in [5, 5.41) is 20.9. The minimum absolute atomic E-state index is 0. The molecule has 0 spiro atoms. The van der Waals surface area contributed by atoms with Crippen LogP contribution in [0.25, 0.3) is 54.1 Å². The molecule has 0 amide bonds. The number of hydrogen-bond acceptors (Lipinski definition) is 1. The van der Waals surface area contributed by atoms with Gasteiger partial charge in [0, 0.05) is 11.3 Å². The summed E-state index contributed by atoms with van der Waals surface area (Å²) in [5.74, 6) is 0.741. The summed E-state index contributed by atoms with van der Waals surface area (Å²) in [5.41, 5.74) is 7.91. The Bertz CT molecular complexity index is 1770. The Hall–Kier alpha value is -3.68. The van der Waals surface area contributed by atoms with E-state index in [-0.39, 0.29) is 31.9 Å². The summed E-state index contributed by atoms with van der Waals surface area (Å²) in [6, 6.07) is 42.9. The maximum Gasteiger partial charge on any atom is 4.00 e. The zero-order valence-electron chi connectivity index (χ0n) is 31.5. The van der Waals surface area contributed by atoms with Gasteiger partial charge in [-0.15, -0.1) is 5.69 Å². The van der Waals surface area contributed by atoms with E-state index in [1.54, 1.807) is 42.3 Å². The van der Waals surface area contributed by atoms with Crippen molar-refractivity contribution in [3.63, 3.8) is 0 Å². The van der Waals surface area contributed by atoms with Crippen molar-refractivity contribution < 1.29 is 25.8 Å². The molecular weight excluding hydrogens is 777 g/mol. The van der Waals surface area contributed by atoms with Crippen LogP contribution in [0.3, 0.4) is 0 Å². The average Bonchev–Trinajstić information content (AvgIpc) is 3.10. The molecule has 6 aromatic rings. The second kappa shape index (κ2) is 22.2. The first kappa shape index (κ1) is 42.5. The molecule has 50 heavy (non-hydrogen) atoms. The number of benzene rings is 5. The minimum atomic E-state index is -0.222. The van der Waals surface area contributed by atoms with Gasteiger partial charge in [0.25, 0.3) is 0 Å². The smallest absolute Gasteiger partial charge is 0.673 e. The fourth-order valence-electron chi connectivity index (χ4n) is 5.77. The van der Waals surface area contributed by atoms with E-state index in [9.17, 15) is 0 Å². The van der Waals surface area contributed by atoms with Crippen LogP contribution < -0.4 is 0 Å². The maximum atomic E-state index is 5.54. The van der Waals surface area contributed by atoms with E-state index < -0.39 is 0 Å². The van der Waals surface area contributed by atoms with Crippen LogP contribution in [-0.4, -0.2) is 47.3 Å². The van der Waals surface area contributed by atoms with Crippen LogP contribution in [0.5, 0.6) is 0 Å². The summed E-state index contributed by atoms with van der Waals surface area (Å²) in [4.78, 5) is 5.37. The zero-order valence-corrected chi connectivity index (χ0v) is 35.1. The summed E-state index contributed by atoms with van der Waals surface area (Å²) >= 11 is 0. The fourth-order valence-corrected chi connectivity index (χ4v) is 5.77. The van der Waals surface area contributed by atoms with E-state index in [0.29, 0.717) is 11.8 Å². The molecule has 1 unspecified atom stereocenters. The van der Waals surface area contributed by atoms with Crippen molar-refractivity contribution >= 4 is 27.2 Å². The molecule has 1 aromatic heterocycles. The van der Waals surface area contributed by atoms with Crippen LogP contribution in [0.2, 0.25) is 0 Å². The molecule has 0 aliphatic rings. The maximum absolute atomic E-state index is 5.54. The van der Waals surface area contributed by atoms with Crippen molar-refractivity contribution in [2.45, 2.75) is 45.6 Å². The van der Waals surface area contributed by atoms with Gasteiger partial charge in [0.05, 0.1) is 5.69 Å². The molecule has 0 saturated carbocycles. The second-order valence-corrected chi connectivity index (χ2v) is 12.5. The summed E-state index contributed by atoms with van der Waals surface area (Å²) in [6.45, 7) is 9.00. The predicted molar refractivity (Wildman–Crippen MR) is 216 cm³/mol. The molecular formula is C44H53HfN5. The first-order chi connectivity index (χ1) is 23.8. The van der Waals surface area contributed by atoms with E-state index in [1.165, 1.54) is 38.2 Å². The molecule has 0 aliphatic carbocycles. The number of rotatable bonds is 7. The summed E-state index contributed by atoms with van der Waals surface area (Å²) < 4.78 is 0. The van der Waals surface area contributed by atoms with E-state index >= 15 is 0 Å². The third-order valence-corrected chi connectivity index (χ3v) is 7.79. The molecule has 5 aromatic carbocycles. The van der Waals surface area contributed by atoms with Crippen molar-refractivity contribution in [3.05, 3.63) is 165 Å². The number of pyridine rings is 1. The van der Waals surface area contributed by atoms with Crippen molar-refractivity contribution in [1.82, 2.24) is 4.98 Å². The second-order valence-electron chi connectivity index (χ2n) is 12.5. The Morgan fingerprint density at radius 3 is 1.42 bits per heavy atom. The predicted octanol–water partition coefficient (Wildman–Crippen LogP) is 13.0. The monoisotopic (exact) mass is 831 g/mol. The van der Waals surface area contributed by atoms with E-state index in [4.69, 9.17) is 10.3 Å². The number of fused-ring (bicyclic) bond motifs is 2. The van der Waals surface area contributed by atoms with Gasteiger partial charge >= 0.3 is 25.8 Å². The first-order valence-electron chi connectivity index (χ1n) is 17.0. The average molecular weight is 830 g/mol. The van der Waals surface area contributed by atoms with Gasteiger partial charge in [-0.3, -0.25) is 4.98 Å². The van der Waals surface area contributed by atoms with Gasteiger partial charge in [-0.1, -0.05) is 148 Å². The van der Waals surface area contributed by atoms with Gasteiger partial charge in [0.15, 0.2) is 0 Å². The van der Waals surface area contributed by atoms with Crippen LogP contribution in [0.15, 0.2) is 121 Å². The Morgan fingerprint density at radius 1 is 0.500 bits per heavy atom. The summed E-state index contributed by atoms with van der Waals surface area (Å²) in [6.07, 6.45) is 0. The van der Waals surface area contributed by atoms with Crippen molar-refractivity contribution in [3.8, 4) is 11.3 Å². The van der Waals surface area contributed by atoms with E-state index in [0.717, 1.165) is 22.6 Å². The molecule has 0 aliphatic heterocycles. The molecule has 0 saturated heterocycles. The Kier molecular flexibility index (Phi) is 18.9. The molecule has 1 heterocycles. The van der Waals surface area contributed by atoms with Gasteiger partial charge in [0.1, 0.15) is 0 Å². The SMILES string of the molecule is CC(C)c1cccc(C(C)C)c1[N-]C(c1ccccc1)c1cccc(-c2c3ccccc3cc3ccccc23)n1.C[N-]C.C[N-]C.C[N-]C.[Hf+4]. The standard InChI is InChI=1S/C38H35N2.3C2H6N.Hf/c1-25(2)30-20-12-21-31(26(3)4)38(30)40-37(27-14-6-5-7-15-27)35-23-13-22-34(39-35)36-32-18-10-8-16-28(32)24-29-17-9-11-19-33(29)36;3*1-3-2;/h5-26,37H,1-4H3;3*1-2H3;/q4*-1;+4. The Balaban J connectivity index is 0.000000787. The molecule has 5 nitrogen and oxygen atoms in total. The zero-order chi connectivity index (χ0) is 35.8. The Labute approximate surface area is 320 Å². The van der Waals surface area contributed by atoms with Crippen molar-refractivity contribution in [1.29, 1.82) is 0 Å². The number of para-hydroxylation sites is 1. The molecule has 1 atom stereocenters. The van der Waals surface area contributed by atoms with E-state index in [1.807, 2.05) is 0 Å². The molecule has 6 heteroatoms. The third-order valence-electron chi connectivity index (χ3n) is 7.79. The molecule has 6 rings (SSSR count). The quantitative estimate of drug-likeness (QED) is 0.117. The topological polar surface area (TPSA) is 69.3 Å². The van der Waals surface area contributed by atoms with Gasteiger partial charge in [-0.25, -0.2) is 0 Å². The van der Waals surface area contributed by atoms with Crippen molar-refractivity contribution in [2.75, 3.05) is 42.3 Å². The van der Waals surface area contributed by atoms with E-state index in [2.05, 4.69) is 165 Å². The van der Waals surface area contributed by atoms with Crippen LogP contribution >= 0.6 is 0 Å². The fraction of sp³-hybridized carbons (Fsp3) is 0.295. The van der Waals surface area contributed by atoms with Crippen LogP contribution in [-0.2, 0) is 25.8 Å². The number of aromatic nitrogens is 1. The van der Waals surface area contributed by atoms with Crippen LogP contribution in [0, 0.1) is 0 Å². The molecule has 0 bridgehead atoms. The summed E-state index contributed by atoms with van der Waals surface area (Å²) in [7, 11) is 10.5. The number of hydrogen-bond donors (Lipinski definition) is 0. The van der Waals surface area contributed by atoms with Gasteiger partial charge in [-0.05, 0) is 57.6 Å². The number of nitrogens with zero attached hydrogens (tertiary/aromatic N) is 5. The van der Waals surface area contributed by atoms with Crippen molar-refractivity contribution in [2.24, 2.45) is 0 Å². The minimum Gasteiger partial charge on any atom is -0.673 e. The van der Waals surface area contributed by atoms with Gasteiger partial charge in [0.2, 0.25) is 0 Å². The normalized spacial score (nSPS) is 11.0. The van der Waals surface area contributed by atoms with Crippen LogP contribution in [0.4, 0.5) is 5.69 Å². The van der Waals surface area contributed by atoms with Crippen LogP contribution in [0.1, 0.15) is 68.0 Å². The first-order valence-corrected chi connectivity index (χ1v) is 17.0.